The third-order valence-electron chi connectivity index (χ3n) is 4.72. The van der Waals surface area contributed by atoms with Crippen LogP contribution in [0.1, 0.15) is 23.3 Å². The van der Waals surface area contributed by atoms with Gasteiger partial charge in [0.15, 0.2) is 0 Å². The Morgan fingerprint density at radius 3 is 2.45 bits per heavy atom. The maximum absolute atomic E-state index is 4.03. The summed E-state index contributed by atoms with van der Waals surface area (Å²) in [6.07, 6.45) is 6.14. The van der Waals surface area contributed by atoms with Gasteiger partial charge in [0.05, 0.1) is 6.20 Å². The number of piperidine rings is 1. The summed E-state index contributed by atoms with van der Waals surface area (Å²) in [6.45, 7) is 2.17. The Labute approximate surface area is 134 Å². The average Bonchev–Trinajstić information content (AvgIpc) is 3.29. The molecule has 1 aliphatic heterocycles. The first-order valence-corrected chi connectivity index (χ1v) is 8.61. The molecule has 2 N–H and O–H groups in total. The molecule has 0 radical (unpaired) electrons. The van der Waals surface area contributed by atoms with Crippen LogP contribution in [-0.4, -0.2) is 23.3 Å². The molecule has 4 rings (SSSR count). The number of nitrogens with one attached hydrogen (secondary N) is 2. The Morgan fingerprint density at radius 1 is 1.00 bits per heavy atom. The van der Waals surface area contributed by atoms with Crippen molar-refractivity contribution in [2.24, 2.45) is 0 Å². The Kier molecular flexibility index (Phi) is 3.56. The van der Waals surface area contributed by atoms with E-state index in [0.29, 0.717) is 0 Å². The smallest absolute Gasteiger partial charge is 0.0565 e. The fourth-order valence-electron chi connectivity index (χ4n) is 3.47. The summed E-state index contributed by atoms with van der Waals surface area (Å²) in [4.78, 5) is 1.49. The number of hydrogen-bond donors (Lipinski definition) is 2. The van der Waals surface area contributed by atoms with E-state index in [9.17, 15) is 0 Å². The normalized spacial score (nSPS) is 17.5. The van der Waals surface area contributed by atoms with Crippen LogP contribution in [0.4, 0.5) is 0 Å². The Balaban J connectivity index is 1.74. The highest BCUT2D eigenvalue weighted by atomic mass is 32.1. The predicted octanol–water partition coefficient (Wildman–Crippen LogP) is 3.81. The first-order chi connectivity index (χ1) is 10.9. The number of nitrogens with zero attached hydrogens (tertiary/aromatic N) is 1. The number of aromatic amines is 1. The quantitative estimate of drug-likeness (QED) is 0.772. The minimum absolute atomic E-state index is 0.175. The lowest BCUT2D eigenvalue weighted by molar-refractivity contribution is 0.367. The van der Waals surface area contributed by atoms with Gasteiger partial charge in [-0.2, -0.15) is 5.10 Å². The molecule has 0 unspecified atom stereocenters. The molecule has 0 saturated carbocycles. The van der Waals surface area contributed by atoms with Crippen molar-refractivity contribution in [1.82, 2.24) is 15.5 Å². The van der Waals surface area contributed by atoms with Crippen LogP contribution < -0.4 is 5.32 Å². The van der Waals surface area contributed by atoms with E-state index in [-0.39, 0.29) is 5.41 Å². The molecule has 22 heavy (non-hydrogen) atoms. The van der Waals surface area contributed by atoms with Crippen LogP contribution in [0.15, 0.2) is 54.2 Å². The van der Waals surface area contributed by atoms with E-state index < -0.39 is 0 Å². The number of aromatic nitrogens is 2. The summed E-state index contributed by atoms with van der Waals surface area (Å²) in [6, 6.07) is 13.5. The van der Waals surface area contributed by atoms with E-state index in [1.165, 1.54) is 28.8 Å². The zero-order valence-corrected chi connectivity index (χ0v) is 13.2. The zero-order chi connectivity index (χ0) is 14.8. The Hall–Kier alpha value is -1.91. The second-order valence-electron chi connectivity index (χ2n) is 5.87. The molecule has 1 aromatic carbocycles. The summed E-state index contributed by atoms with van der Waals surface area (Å²) in [5.41, 5.74) is 3.97. The van der Waals surface area contributed by atoms with Crippen LogP contribution in [0.25, 0.3) is 11.1 Å². The maximum Gasteiger partial charge on any atom is 0.0565 e. The minimum Gasteiger partial charge on any atom is -0.317 e. The molecule has 0 spiro atoms. The lowest BCUT2D eigenvalue weighted by Gasteiger charge is -2.37. The van der Waals surface area contributed by atoms with Crippen LogP contribution in [0, 0.1) is 0 Å². The molecular formula is C18H19N3S. The molecule has 0 amide bonds. The van der Waals surface area contributed by atoms with Crippen LogP contribution in [-0.2, 0) is 5.41 Å². The van der Waals surface area contributed by atoms with Gasteiger partial charge in [0.2, 0.25) is 0 Å². The number of hydrogen-bond acceptors (Lipinski definition) is 3. The second-order valence-corrected chi connectivity index (χ2v) is 6.82. The summed E-state index contributed by atoms with van der Waals surface area (Å²) in [5, 5.41) is 12.6. The molecule has 0 aliphatic carbocycles. The average molecular weight is 309 g/mol. The van der Waals surface area contributed by atoms with Crippen LogP contribution >= 0.6 is 11.3 Å². The monoisotopic (exact) mass is 309 g/mol. The van der Waals surface area contributed by atoms with Crippen LogP contribution in [0.2, 0.25) is 0 Å². The van der Waals surface area contributed by atoms with Gasteiger partial charge in [-0.3, -0.25) is 5.10 Å². The molecule has 1 fully saturated rings. The van der Waals surface area contributed by atoms with Crippen molar-refractivity contribution in [2.75, 3.05) is 13.1 Å². The van der Waals surface area contributed by atoms with Gasteiger partial charge >= 0.3 is 0 Å². The van der Waals surface area contributed by atoms with Crippen LogP contribution in [0.3, 0.4) is 0 Å². The summed E-state index contributed by atoms with van der Waals surface area (Å²) < 4.78 is 0. The number of rotatable bonds is 3. The van der Waals surface area contributed by atoms with Gasteiger partial charge in [0, 0.05) is 22.1 Å². The van der Waals surface area contributed by atoms with Crippen molar-refractivity contribution in [3.05, 3.63) is 64.6 Å². The molecule has 112 valence electrons. The van der Waals surface area contributed by atoms with Crippen molar-refractivity contribution in [3.63, 3.8) is 0 Å². The number of H-pyrrole nitrogens is 1. The van der Waals surface area contributed by atoms with E-state index >= 15 is 0 Å². The van der Waals surface area contributed by atoms with E-state index in [0.717, 1.165) is 18.7 Å². The van der Waals surface area contributed by atoms with Gasteiger partial charge in [-0.05, 0) is 48.5 Å². The van der Waals surface area contributed by atoms with E-state index in [1.54, 1.807) is 0 Å². The molecule has 2 aromatic heterocycles. The van der Waals surface area contributed by atoms with Crippen molar-refractivity contribution in [1.29, 1.82) is 0 Å². The highest BCUT2D eigenvalue weighted by molar-refractivity contribution is 7.10. The highest BCUT2D eigenvalue weighted by Crippen LogP contribution is 2.42. The lowest BCUT2D eigenvalue weighted by Crippen LogP contribution is -2.40. The lowest BCUT2D eigenvalue weighted by atomic mass is 9.72. The molecule has 3 nitrogen and oxygen atoms in total. The first kappa shape index (κ1) is 13.7. The standard InChI is InChI=1S/C18H19N3S/c1-2-17(22-11-1)18(7-9-19-10-8-18)16-5-3-14(4-6-16)15-12-20-21-13-15/h1-6,11-13,19H,7-10H2,(H,20,21). The Morgan fingerprint density at radius 2 is 1.82 bits per heavy atom. The number of thiophene rings is 1. The van der Waals surface area contributed by atoms with Gasteiger partial charge in [0.1, 0.15) is 0 Å². The maximum atomic E-state index is 4.03. The zero-order valence-electron chi connectivity index (χ0n) is 12.4. The molecule has 1 aliphatic rings. The molecule has 4 heteroatoms. The Bertz CT molecular complexity index is 708. The van der Waals surface area contributed by atoms with Gasteiger partial charge in [-0.25, -0.2) is 0 Å². The summed E-state index contributed by atoms with van der Waals surface area (Å²) in [7, 11) is 0. The van der Waals surface area contributed by atoms with E-state index in [4.69, 9.17) is 0 Å². The fraction of sp³-hybridized carbons (Fsp3) is 0.278. The highest BCUT2D eigenvalue weighted by Gasteiger charge is 2.36. The van der Waals surface area contributed by atoms with Gasteiger partial charge in [0.25, 0.3) is 0 Å². The third kappa shape index (κ3) is 2.28. The molecule has 3 heterocycles. The van der Waals surface area contributed by atoms with Crippen molar-refractivity contribution in [2.45, 2.75) is 18.3 Å². The fourth-order valence-corrected chi connectivity index (χ4v) is 4.48. The predicted molar refractivity (Wildman–Crippen MR) is 91.2 cm³/mol. The minimum atomic E-state index is 0.175. The third-order valence-corrected chi connectivity index (χ3v) is 5.79. The first-order valence-electron chi connectivity index (χ1n) is 7.73. The van der Waals surface area contributed by atoms with Crippen LogP contribution in [0.5, 0.6) is 0 Å². The molecule has 0 atom stereocenters. The molecule has 1 saturated heterocycles. The van der Waals surface area contributed by atoms with Gasteiger partial charge < -0.3 is 5.32 Å². The van der Waals surface area contributed by atoms with E-state index in [1.807, 2.05) is 23.7 Å². The van der Waals surface area contributed by atoms with Gasteiger partial charge in [-0.15, -0.1) is 11.3 Å². The number of benzene rings is 1. The molecule has 0 bridgehead atoms. The topological polar surface area (TPSA) is 40.7 Å². The van der Waals surface area contributed by atoms with E-state index in [2.05, 4.69) is 57.3 Å². The van der Waals surface area contributed by atoms with Crippen molar-refractivity contribution >= 4 is 11.3 Å². The SMILES string of the molecule is c1csc(C2(c3ccc(-c4cn[nH]c4)cc3)CCNCC2)c1. The summed E-state index contributed by atoms with van der Waals surface area (Å²) >= 11 is 1.88. The molecular weight excluding hydrogens is 290 g/mol. The van der Waals surface area contributed by atoms with Crippen molar-refractivity contribution < 1.29 is 0 Å². The largest absolute Gasteiger partial charge is 0.317 e. The summed E-state index contributed by atoms with van der Waals surface area (Å²) in [5.74, 6) is 0. The second kappa shape index (κ2) is 5.71. The van der Waals surface area contributed by atoms with Crippen molar-refractivity contribution in [3.8, 4) is 11.1 Å². The molecule has 3 aromatic rings. The van der Waals surface area contributed by atoms with Gasteiger partial charge in [-0.1, -0.05) is 30.3 Å².